The zero-order valence-electron chi connectivity index (χ0n) is 8.77. The van der Waals surface area contributed by atoms with Crippen LogP contribution in [-0.4, -0.2) is 17.6 Å². The standard InChI is InChI=1S/C11H17N3/c1-8-5-9(2)14(7-8)11-6-10(12)3-4-13-11/h3-4,6,8-9H,5,7H2,1-2H3,(H2,12,13). The van der Waals surface area contributed by atoms with Crippen molar-refractivity contribution in [2.24, 2.45) is 5.92 Å². The molecule has 76 valence electrons. The molecule has 0 amide bonds. The summed E-state index contributed by atoms with van der Waals surface area (Å²) in [6.45, 7) is 5.62. The van der Waals surface area contributed by atoms with Crippen LogP contribution >= 0.6 is 0 Å². The molecule has 1 aromatic heterocycles. The van der Waals surface area contributed by atoms with Gasteiger partial charge < -0.3 is 10.6 Å². The van der Waals surface area contributed by atoms with Crippen LogP contribution in [0.5, 0.6) is 0 Å². The summed E-state index contributed by atoms with van der Waals surface area (Å²) >= 11 is 0. The minimum absolute atomic E-state index is 0.583. The summed E-state index contributed by atoms with van der Waals surface area (Å²) in [5.74, 6) is 1.77. The van der Waals surface area contributed by atoms with Crippen molar-refractivity contribution in [2.45, 2.75) is 26.3 Å². The summed E-state index contributed by atoms with van der Waals surface area (Å²) in [5, 5.41) is 0. The lowest BCUT2D eigenvalue weighted by Crippen LogP contribution is -2.27. The fourth-order valence-corrected chi connectivity index (χ4v) is 2.21. The normalized spacial score (nSPS) is 26.9. The number of anilines is 2. The van der Waals surface area contributed by atoms with Gasteiger partial charge in [-0.05, 0) is 25.3 Å². The minimum atomic E-state index is 0.583. The number of nitrogens with two attached hydrogens (primary N) is 1. The van der Waals surface area contributed by atoms with Gasteiger partial charge in [-0.25, -0.2) is 4.98 Å². The van der Waals surface area contributed by atoms with E-state index in [9.17, 15) is 0 Å². The van der Waals surface area contributed by atoms with Gasteiger partial charge in [0.05, 0.1) is 0 Å². The van der Waals surface area contributed by atoms with Crippen LogP contribution in [-0.2, 0) is 0 Å². The molecule has 1 aliphatic heterocycles. The molecule has 3 nitrogen and oxygen atoms in total. The Hall–Kier alpha value is -1.25. The van der Waals surface area contributed by atoms with Crippen molar-refractivity contribution >= 4 is 11.5 Å². The van der Waals surface area contributed by atoms with Crippen LogP contribution in [0.1, 0.15) is 20.3 Å². The number of hydrogen-bond donors (Lipinski definition) is 1. The van der Waals surface area contributed by atoms with E-state index in [0.29, 0.717) is 6.04 Å². The molecule has 2 N–H and O–H groups in total. The Morgan fingerprint density at radius 2 is 2.29 bits per heavy atom. The van der Waals surface area contributed by atoms with Crippen LogP contribution in [0, 0.1) is 5.92 Å². The molecule has 2 atom stereocenters. The molecule has 2 unspecified atom stereocenters. The number of nitrogen functional groups attached to an aromatic ring is 1. The molecule has 1 aliphatic rings. The van der Waals surface area contributed by atoms with Gasteiger partial charge in [-0.3, -0.25) is 0 Å². The lowest BCUT2D eigenvalue weighted by Gasteiger charge is -2.22. The van der Waals surface area contributed by atoms with Gasteiger partial charge in [0.15, 0.2) is 0 Å². The second kappa shape index (κ2) is 3.48. The molecule has 0 aromatic carbocycles. The van der Waals surface area contributed by atoms with Gasteiger partial charge in [-0.15, -0.1) is 0 Å². The maximum atomic E-state index is 5.74. The monoisotopic (exact) mass is 191 g/mol. The minimum Gasteiger partial charge on any atom is -0.399 e. The molecule has 2 heterocycles. The first-order valence-electron chi connectivity index (χ1n) is 5.15. The van der Waals surface area contributed by atoms with Gasteiger partial charge in [0.25, 0.3) is 0 Å². The second-order valence-corrected chi connectivity index (χ2v) is 4.29. The van der Waals surface area contributed by atoms with E-state index in [-0.39, 0.29) is 0 Å². The number of nitrogens with zero attached hydrogens (tertiary/aromatic N) is 2. The second-order valence-electron chi connectivity index (χ2n) is 4.29. The van der Waals surface area contributed by atoms with E-state index in [1.165, 1.54) is 6.42 Å². The Labute approximate surface area is 84.9 Å². The molecular formula is C11H17N3. The molecule has 0 saturated carbocycles. The number of aromatic nitrogens is 1. The highest BCUT2D eigenvalue weighted by atomic mass is 15.2. The fraction of sp³-hybridized carbons (Fsp3) is 0.545. The smallest absolute Gasteiger partial charge is 0.130 e. The quantitative estimate of drug-likeness (QED) is 0.737. The third-order valence-corrected chi connectivity index (χ3v) is 2.85. The first-order valence-corrected chi connectivity index (χ1v) is 5.15. The summed E-state index contributed by atoms with van der Waals surface area (Å²) in [4.78, 5) is 6.69. The van der Waals surface area contributed by atoms with Crippen molar-refractivity contribution in [1.29, 1.82) is 0 Å². The van der Waals surface area contributed by atoms with E-state index in [0.717, 1.165) is 24.0 Å². The maximum Gasteiger partial charge on any atom is 0.130 e. The van der Waals surface area contributed by atoms with E-state index in [4.69, 9.17) is 5.73 Å². The van der Waals surface area contributed by atoms with Crippen LogP contribution in [0.25, 0.3) is 0 Å². The number of pyridine rings is 1. The van der Waals surface area contributed by atoms with Crippen LogP contribution in [0.4, 0.5) is 11.5 Å². The van der Waals surface area contributed by atoms with Crippen molar-refractivity contribution in [3.63, 3.8) is 0 Å². The Bertz CT molecular complexity index is 324. The van der Waals surface area contributed by atoms with Crippen molar-refractivity contribution < 1.29 is 0 Å². The zero-order chi connectivity index (χ0) is 10.1. The van der Waals surface area contributed by atoms with Gasteiger partial charge in [0.2, 0.25) is 0 Å². The predicted octanol–water partition coefficient (Wildman–Crippen LogP) is 1.90. The van der Waals surface area contributed by atoms with Crippen molar-refractivity contribution in [2.75, 3.05) is 17.2 Å². The molecule has 3 heteroatoms. The van der Waals surface area contributed by atoms with Crippen LogP contribution in [0.15, 0.2) is 18.3 Å². The molecule has 2 rings (SSSR count). The van der Waals surface area contributed by atoms with Crippen LogP contribution in [0.3, 0.4) is 0 Å². The third-order valence-electron chi connectivity index (χ3n) is 2.85. The maximum absolute atomic E-state index is 5.74. The van der Waals surface area contributed by atoms with Gasteiger partial charge in [-0.2, -0.15) is 0 Å². The Kier molecular flexibility index (Phi) is 2.32. The molecule has 1 aromatic rings. The molecule has 1 saturated heterocycles. The summed E-state index contributed by atoms with van der Waals surface area (Å²) in [6.07, 6.45) is 3.02. The highest BCUT2D eigenvalue weighted by molar-refractivity contribution is 5.51. The van der Waals surface area contributed by atoms with Gasteiger partial charge in [-0.1, -0.05) is 6.92 Å². The molecular weight excluding hydrogens is 174 g/mol. The molecule has 0 radical (unpaired) electrons. The fourth-order valence-electron chi connectivity index (χ4n) is 2.21. The van der Waals surface area contributed by atoms with Crippen LogP contribution in [0.2, 0.25) is 0 Å². The highest BCUT2D eigenvalue weighted by Crippen LogP contribution is 2.27. The van der Waals surface area contributed by atoms with E-state index in [1.54, 1.807) is 6.20 Å². The van der Waals surface area contributed by atoms with E-state index in [1.807, 2.05) is 12.1 Å². The topological polar surface area (TPSA) is 42.1 Å². The summed E-state index contributed by atoms with van der Waals surface area (Å²) in [7, 11) is 0. The molecule has 0 spiro atoms. The van der Waals surface area contributed by atoms with Gasteiger partial charge >= 0.3 is 0 Å². The Balaban J connectivity index is 2.23. The molecule has 0 aliphatic carbocycles. The lowest BCUT2D eigenvalue weighted by atomic mass is 10.1. The molecule has 0 bridgehead atoms. The average Bonchev–Trinajstić information content (AvgIpc) is 2.45. The average molecular weight is 191 g/mol. The Morgan fingerprint density at radius 1 is 1.50 bits per heavy atom. The van der Waals surface area contributed by atoms with Crippen molar-refractivity contribution in [1.82, 2.24) is 4.98 Å². The third kappa shape index (κ3) is 1.67. The summed E-state index contributed by atoms with van der Waals surface area (Å²) in [6, 6.07) is 4.36. The van der Waals surface area contributed by atoms with Crippen LogP contribution < -0.4 is 10.6 Å². The molecule has 1 fully saturated rings. The SMILES string of the molecule is CC1CC(C)N(c2cc(N)ccn2)C1. The highest BCUT2D eigenvalue weighted by Gasteiger charge is 2.26. The van der Waals surface area contributed by atoms with E-state index < -0.39 is 0 Å². The lowest BCUT2D eigenvalue weighted by molar-refractivity contribution is 0.625. The first kappa shape index (κ1) is 9.31. The van der Waals surface area contributed by atoms with E-state index in [2.05, 4.69) is 23.7 Å². The zero-order valence-corrected chi connectivity index (χ0v) is 8.77. The summed E-state index contributed by atoms with van der Waals surface area (Å²) in [5.41, 5.74) is 6.53. The molecule has 14 heavy (non-hydrogen) atoms. The first-order chi connectivity index (χ1) is 6.66. The predicted molar refractivity (Wildman–Crippen MR) is 59.2 cm³/mol. The van der Waals surface area contributed by atoms with Gasteiger partial charge in [0.1, 0.15) is 5.82 Å². The largest absolute Gasteiger partial charge is 0.399 e. The number of rotatable bonds is 1. The number of hydrogen-bond acceptors (Lipinski definition) is 3. The van der Waals surface area contributed by atoms with Crippen molar-refractivity contribution in [3.05, 3.63) is 18.3 Å². The van der Waals surface area contributed by atoms with Gasteiger partial charge in [0, 0.05) is 30.5 Å². The summed E-state index contributed by atoms with van der Waals surface area (Å²) < 4.78 is 0. The van der Waals surface area contributed by atoms with Crippen molar-refractivity contribution in [3.8, 4) is 0 Å². The Morgan fingerprint density at radius 3 is 2.86 bits per heavy atom. The van der Waals surface area contributed by atoms with E-state index >= 15 is 0 Å².